The number of hydrogen-bond acceptors (Lipinski definition) is 3. The van der Waals surface area contributed by atoms with Crippen molar-refractivity contribution in [2.24, 2.45) is 5.41 Å². The lowest BCUT2D eigenvalue weighted by Gasteiger charge is -2.11. The highest BCUT2D eigenvalue weighted by atomic mass is 19.1. The first-order chi connectivity index (χ1) is 9.03. The molecule has 6 heteroatoms. The van der Waals surface area contributed by atoms with E-state index in [1.54, 1.807) is 6.07 Å². The largest absolute Gasteiger partial charge is 0.481 e. The van der Waals surface area contributed by atoms with Gasteiger partial charge in [0, 0.05) is 6.54 Å². The van der Waals surface area contributed by atoms with Crippen molar-refractivity contribution in [1.82, 2.24) is 5.32 Å². The molecule has 19 heavy (non-hydrogen) atoms. The molecule has 1 aromatic carbocycles. The van der Waals surface area contributed by atoms with E-state index in [9.17, 15) is 14.0 Å². The predicted octanol–water partition coefficient (Wildman–Crippen LogP) is 1.19. The Morgan fingerprint density at radius 1 is 1.37 bits per heavy atom. The summed E-state index contributed by atoms with van der Waals surface area (Å²) < 4.78 is 18.2. The average Bonchev–Trinajstić information content (AvgIpc) is 3.16. The molecule has 1 aromatic rings. The van der Waals surface area contributed by atoms with Crippen LogP contribution in [0, 0.1) is 11.2 Å². The van der Waals surface area contributed by atoms with Gasteiger partial charge in [-0.05, 0) is 25.0 Å². The lowest BCUT2D eigenvalue weighted by Crippen LogP contribution is -2.36. The Morgan fingerprint density at radius 2 is 2.05 bits per heavy atom. The first-order valence-electron chi connectivity index (χ1n) is 5.91. The third kappa shape index (κ3) is 3.21. The fourth-order valence-corrected chi connectivity index (χ4v) is 1.64. The van der Waals surface area contributed by atoms with Gasteiger partial charge in [0.05, 0.1) is 5.41 Å². The third-order valence-corrected chi connectivity index (χ3v) is 3.13. The number of para-hydroxylation sites is 1. The molecule has 0 bridgehead atoms. The summed E-state index contributed by atoms with van der Waals surface area (Å²) in [6.45, 7) is -0.252. The SMILES string of the molecule is O=C(COc1ccccc1F)NCC1(C(=O)O)CC1. The summed E-state index contributed by atoms with van der Waals surface area (Å²) in [6, 6.07) is 5.77. The number of halogens is 1. The summed E-state index contributed by atoms with van der Waals surface area (Å²) in [5.41, 5.74) is -0.812. The Hall–Kier alpha value is -2.11. The van der Waals surface area contributed by atoms with Crippen LogP contribution in [0.2, 0.25) is 0 Å². The van der Waals surface area contributed by atoms with E-state index in [2.05, 4.69) is 5.32 Å². The standard InChI is InChI=1S/C13H14FNO4/c14-9-3-1-2-4-10(9)19-7-11(16)15-8-13(5-6-13)12(17)18/h1-4H,5-8H2,(H,15,16)(H,17,18). The molecule has 0 heterocycles. The minimum absolute atomic E-state index is 0.00276. The van der Waals surface area contributed by atoms with E-state index in [1.807, 2.05) is 0 Å². The molecule has 1 saturated carbocycles. The molecule has 5 nitrogen and oxygen atoms in total. The van der Waals surface area contributed by atoms with Gasteiger partial charge in [-0.2, -0.15) is 0 Å². The third-order valence-electron chi connectivity index (χ3n) is 3.13. The van der Waals surface area contributed by atoms with E-state index >= 15 is 0 Å². The Morgan fingerprint density at radius 3 is 2.63 bits per heavy atom. The number of amides is 1. The molecule has 102 valence electrons. The van der Waals surface area contributed by atoms with Gasteiger partial charge < -0.3 is 15.2 Å². The van der Waals surface area contributed by atoms with Crippen molar-refractivity contribution >= 4 is 11.9 Å². The van der Waals surface area contributed by atoms with Crippen LogP contribution in [0.1, 0.15) is 12.8 Å². The number of carbonyl (C=O) groups excluding carboxylic acids is 1. The maximum absolute atomic E-state index is 13.2. The molecule has 0 unspecified atom stereocenters. The van der Waals surface area contributed by atoms with Gasteiger partial charge in [-0.1, -0.05) is 12.1 Å². The zero-order valence-corrected chi connectivity index (χ0v) is 10.2. The van der Waals surface area contributed by atoms with Gasteiger partial charge in [0.2, 0.25) is 0 Å². The summed E-state index contributed by atoms with van der Waals surface area (Å²) in [5, 5.41) is 11.4. The van der Waals surface area contributed by atoms with Crippen molar-refractivity contribution in [3.63, 3.8) is 0 Å². The van der Waals surface area contributed by atoms with Gasteiger partial charge in [-0.15, -0.1) is 0 Å². The number of aliphatic carboxylic acids is 1. The molecule has 0 spiro atoms. The average molecular weight is 267 g/mol. The second kappa shape index (κ2) is 5.26. The number of benzene rings is 1. The normalized spacial score (nSPS) is 15.6. The van der Waals surface area contributed by atoms with E-state index < -0.39 is 23.1 Å². The Kier molecular flexibility index (Phi) is 3.69. The van der Waals surface area contributed by atoms with Gasteiger partial charge in [-0.3, -0.25) is 9.59 Å². The number of nitrogens with one attached hydrogen (secondary N) is 1. The minimum atomic E-state index is -0.900. The summed E-state index contributed by atoms with van der Waals surface area (Å²) in [5.74, 6) is -1.91. The van der Waals surface area contributed by atoms with E-state index in [0.29, 0.717) is 12.8 Å². The topological polar surface area (TPSA) is 75.6 Å². The Bertz CT molecular complexity index is 499. The van der Waals surface area contributed by atoms with Crippen molar-refractivity contribution in [2.75, 3.05) is 13.2 Å². The zero-order chi connectivity index (χ0) is 13.9. The molecule has 1 aliphatic carbocycles. The monoisotopic (exact) mass is 267 g/mol. The smallest absolute Gasteiger partial charge is 0.311 e. The maximum atomic E-state index is 13.2. The highest BCUT2D eigenvalue weighted by molar-refractivity contribution is 5.81. The molecule has 0 aliphatic heterocycles. The molecule has 0 radical (unpaired) electrons. The van der Waals surface area contributed by atoms with Crippen molar-refractivity contribution in [1.29, 1.82) is 0 Å². The lowest BCUT2D eigenvalue weighted by atomic mass is 10.1. The lowest BCUT2D eigenvalue weighted by molar-refractivity contribution is -0.143. The van der Waals surface area contributed by atoms with Gasteiger partial charge in [0.15, 0.2) is 18.2 Å². The van der Waals surface area contributed by atoms with E-state index in [4.69, 9.17) is 9.84 Å². The minimum Gasteiger partial charge on any atom is -0.481 e. The van der Waals surface area contributed by atoms with Gasteiger partial charge in [-0.25, -0.2) is 4.39 Å². The van der Waals surface area contributed by atoms with Crippen LogP contribution in [0.15, 0.2) is 24.3 Å². The zero-order valence-electron chi connectivity index (χ0n) is 10.2. The quantitative estimate of drug-likeness (QED) is 0.811. The molecule has 1 amide bonds. The summed E-state index contributed by atoms with van der Waals surface area (Å²) >= 11 is 0. The fraction of sp³-hybridized carbons (Fsp3) is 0.385. The van der Waals surface area contributed by atoms with E-state index in [-0.39, 0.29) is 18.9 Å². The van der Waals surface area contributed by atoms with Crippen molar-refractivity contribution in [2.45, 2.75) is 12.8 Å². The number of carboxylic acids is 1. The molecular weight excluding hydrogens is 253 g/mol. The summed E-state index contributed by atoms with van der Waals surface area (Å²) in [7, 11) is 0. The van der Waals surface area contributed by atoms with Crippen LogP contribution in [0.5, 0.6) is 5.75 Å². The Balaban J connectivity index is 1.77. The molecule has 2 N–H and O–H groups in total. The maximum Gasteiger partial charge on any atom is 0.311 e. The molecule has 0 atom stereocenters. The summed E-state index contributed by atoms with van der Waals surface area (Å²) in [6.07, 6.45) is 1.13. The van der Waals surface area contributed by atoms with Crippen LogP contribution in [-0.4, -0.2) is 30.1 Å². The van der Waals surface area contributed by atoms with E-state index in [0.717, 1.165) is 0 Å². The van der Waals surface area contributed by atoms with Crippen molar-refractivity contribution in [3.05, 3.63) is 30.1 Å². The van der Waals surface area contributed by atoms with Crippen LogP contribution in [-0.2, 0) is 9.59 Å². The predicted molar refractivity (Wildman–Crippen MR) is 64.2 cm³/mol. The van der Waals surface area contributed by atoms with Crippen LogP contribution >= 0.6 is 0 Å². The van der Waals surface area contributed by atoms with Crippen molar-refractivity contribution in [3.8, 4) is 5.75 Å². The van der Waals surface area contributed by atoms with Gasteiger partial charge >= 0.3 is 5.97 Å². The van der Waals surface area contributed by atoms with Gasteiger partial charge in [0.25, 0.3) is 5.91 Å². The molecule has 1 fully saturated rings. The molecule has 0 aromatic heterocycles. The molecular formula is C13H14FNO4. The van der Waals surface area contributed by atoms with Crippen LogP contribution in [0.4, 0.5) is 4.39 Å². The number of carboxylic acid groups (broad SMARTS) is 1. The van der Waals surface area contributed by atoms with Crippen LogP contribution in [0.25, 0.3) is 0 Å². The van der Waals surface area contributed by atoms with E-state index in [1.165, 1.54) is 18.2 Å². The fourth-order valence-electron chi connectivity index (χ4n) is 1.64. The number of hydrogen-bond donors (Lipinski definition) is 2. The highest BCUT2D eigenvalue weighted by Gasteiger charge is 2.50. The Labute approximate surface area is 109 Å². The summed E-state index contributed by atoms with van der Waals surface area (Å²) in [4.78, 5) is 22.4. The van der Waals surface area contributed by atoms with Crippen LogP contribution in [0.3, 0.4) is 0 Å². The van der Waals surface area contributed by atoms with Gasteiger partial charge in [0.1, 0.15) is 0 Å². The highest BCUT2D eigenvalue weighted by Crippen LogP contribution is 2.45. The number of ether oxygens (including phenoxy) is 1. The first-order valence-corrected chi connectivity index (χ1v) is 5.91. The second-order valence-corrected chi connectivity index (χ2v) is 4.58. The number of rotatable bonds is 6. The molecule has 0 saturated heterocycles. The second-order valence-electron chi connectivity index (χ2n) is 4.58. The number of carbonyl (C=O) groups is 2. The van der Waals surface area contributed by atoms with Crippen LogP contribution < -0.4 is 10.1 Å². The molecule has 2 rings (SSSR count). The first kappa shape index (κ1) is 13.3. The van der Waals surface area contributed by atoms with Crippen molar-refractivity contribution < 1.29 is 23.8 Å². The molecule has 1 aliphatic rings.